The fourth-order valence-electron chi connectivity index (χ4n) is 2.33. The second kappa shape index (κ2) is 8.91. The van der Waals surface area contributed by atoms with Crippen LogP contribution in [0.2, 0.25) is 0 Å². The predicted octanol–water partition coefficient (Wildman–Crippen LogP) is 3.31. The minimum atomic E-state index is -0.341. The Hall–Kier alpha value is -2.56. The molecule has 0 saturated carbocycles. The summed E-state index contributed by atoms with van der Waals surface area (Å²) in [4.78, 5) is 12.0. The number of rotatable bonds is 8. The molecule has 128 valence electrons. The Balaban J connectivity index is 1.78. The standard InChI is InChI=1S/C19H23FN2O2/c1-2-16(24-17-8-5-7-15(20)12-17)13-22-19(23)11-10-14-6-3-4-9-18(14)21/h3-9,12,16H,2,10-11,13,21H2,1H3,(H,22,23). The average molecular weight is 330 g/mol. The molecule has 0 saturated heterocycles. The zero-order valence-corrected chi connectivity index (χ0v) is 13.8. The first-order chi connectivity index (χ1) is 11.6. The minimum absolute atomic E-state index is 0.0560. The van der Waals surface area contributed by atoms with E-state index in [0.717, 1.165) is 5.56 Å². The Bertz CT molecular complexity index is 676. The van der Waals surface area contributed by atoms with Gasteiger partial charge in [-0.15, -0.1) is 0 Å². The molecule has 0 aliphatic heterocycles. The van der Waals surface area contributed by atoms with E-state index < -0.39 is 0 Å². The lowest BCUT2D eigenvalue weighted by molar-refractivity contribution is -0.121. The average Bonchev–Trinajstić information content (AvgIpc) is 2.58. The van der Waals surface area contributed by atoms with E-state index in [9.17, 15) is 9.18 Å². The van der Waals surface area contributed by atoms with Gasteiger partial charge in [0.05, 0.1) is 6.54 Å². The van der Waals surface area contributed by atoms with Crippen molar-refractivity contribution < 1.29 is 13.9 Å². The van der Waals surface area contributed by atoms with Crippen LogP contribution in [0.25, 0.3) is 0 Å². The second-order valence-corrected chi connectivity index (χ2v) is 5.61. The number of nitrogens with one attached hydrogen (secondary N) is 1. The largest absolute Gasteiger partial charge is 0.489 e. The molecule has 2 aromatic rings. The number of hydrogen-bond donors (Lipinski definition) is 2. The molecule has 2 rings (SSSR count). The molecular formula is C19H23FN2O2. The Morgan fingerprint density at radius 2 is 2.04 bits per heavy atom. The first-order valence-corrected chi connectivity index (χ1v) is 8.10. The number of benzene rings is 2. The zero-order chi connectivity index (χ0) is 17.4. The molecule has 4 nitrogen and oxygen atoms in total. The van der Waals surface area contributed by atoms with Crippen LogP contribution in [0.15, 0.2) is 48.5 Å². The van der Waals surface area contributed by atoms with Gasteiger partial charge in [-0.1, -0.05) is 31.2 Å². The summed E-state index contributed by atoms with van der Waals surface area (Å²) in [6.45, 7) is 2.34. The number of carbonyl (C=O) groups excluding carboxylic acids is 1. The molecule has 0 heterocycles. The van der Waals surface area contributed by atoms with Gasteiger partial charge in [-0.3, -0.25) is 4.79 Å². The molecule has 2 aromatic carbocycles. The predicted molar refractivity (Wildman–Crippen MR) is 93.3 cm³/mol. The number of carbonyl (C=O) groups is 1. The number of amides is 1. The quantitative estimate of drug-likeness (QED) is 0.730. The molecule has 0 aliphatic carbocycles. The van der Waals surface area contributed by atoms with E-state index in [1.54, 1.807) is 12.1 Å². The first-order valence-electron chi connectivity index (χ1n) is 8.10. The molecule has 0 fully saturated rings. The summed E-state index contributed by atoms with van der Waals surface area (Å²) in [5, 5.41) is 2.86. The van der Waals surface area contributed by atoms with Crippen molar-refractivity contribution in [3.8, 4) is 5.75 Å². The number of ether oxygens (including phenoxy) is 1. The molecule has 1 unspecified atom stereocenters. The number of hydrogen-bond acceptors (Lipinski definition) is 3. The summed E-state index contributed by atoms with van der Waals surface area (Å²) in [7, 11) is 0. The summed E-state index contributed by atoms with van der Waals surface area (Å²) in [5.41, 5.74) is 7.53. The molecular weight excluding hydrogens is 307 g/mol. The maximum atomic E-state index is 13.2. The SMILES string of the molecule is CCC(CNC(=O)CCc1ccccc1N)Oc1cccc(F)c1. The van der Waals surface area contributed by atoms with Gasteiger partial charge in [0.15, 0.2) is 0 Å². The van der Waals surface area contributed by atoms with Crippen LogP contribution in [0.4, 0.5) is 10.1 Å². The third-order valence-electron chi connectivity index (χ3n) is 3.76. The molecule has 1 amide bonds. The Labute approximate surface area is 141 Å². The first kappa shape index (κ1) is 17.8. The maximum absolute atomic E-state index is 13.2. The molecule has 5 heteroatoms. The number of para-hydroxylation sites is 1. The highest BCUT2D eigenvalue weighted by Gasteiger charge is 2.11. The zero-order valence-electron chi connectivity index (χ0n) is 13.8. The van der Waals surface area contributed by atoms with Crippen LogP contribution >= 0.6 is 0 Å². The van der Waals surface area contributed by atoms with Crippen LogP contribution in [0, 0.1) is 5.82 Å². The van der Waals surface area contributed by atoms with Crippen molar-refractivity contribution in [3.63, 3.8) is 0 Å². The van der Waals surface area contributed by atoms with Gasteiger partial charge in [0, 0.05) is 18.2 Å². The van der Waals surface area contributed by atoms with Gasteiger partial charge >= 0.3 is 0 Å². The highest BCUT2D eigenvalue weighted by Crippen LogP contribution is 2.15. The lowest BCUT2D eigenvalue weighted by atomic mass is 10.1. The topological polar surface area (TPSA) is 64.4 Å². The normalized spacial score (nSPS) is 11.8. The molecule has 0 aromatic heterocycles. The van der Waals surface area contributed by atoms with Crippen LogP contribution in [-0.4, -0.2) is 18.6 Å². The van der Waals surface area contributed by atoms with E-state index in [4.69, 9.17) is 10.5 Å². The fourth-order valence-corrected chi connectivity index (χ4v) is 2.33. The highest BCUT2D eigenvalue weighted by molar-refractivity contribution is 5.76. The van der Waals surface area contributed by atoms with Gasteiger partial charge in [-0.2, -0.15) is 0 Å². The van der Waals surface area contributed by atoms with Crippen molar-refractivity contribution in [3.05, 3.63) is 59.9 Å². The van der Waals surface area contributed by atoms with Crippen molar-refractivity contribution in [2.24, 2.45) is 0 Å². The fraction of sp³-hybridized carbons (Fsp3) is 0.316. The number of nitrogens with two attached hydrogens (primary N) is 1. The van der Waals surface area contributed by atoms with Crippen LogP contribution in [0.3, 0.4) is 0 Å². The lowest BCUT2D eigenvalue weighted by Gasteiger charge is -2.18. The van der Waals surface area contributed by atoms with Crippen molar-refractivity contribution in [2.45, 2.75) is 32.3 Å². The van der Waals surface area contributed by atoms with E-state index >= 15 is 0 Å². The summed E-state index contributed by atoms with van der Waals surface area (Å²) in [5.74, 6) is 0.0690. The van der Waals surface area contributed by atoms with E-state index in [0.29, 0.717) is 37.2 Å². The Morgan fingerprint density at radius 1 is 1.25 bits per heavy atom. The third-order valence-corrected chi connectivity index (χ3v) is 3.76. The third kappa shape index (κ3) is 5.57. The molecule has 1 atom stereocenters. The number of halogens is 1. The van der Waals surface area contributed by atoms with E-state index in [1.165, 1.54) is 12.1 Å². The van der Waals surface area contributed by atoms with Crippen LogP contribution in [-0.2, 0) is 11.2 Å². The summed E-state index contributed by atoms with van der Waals surface area (Å²) >= 11 is 0. The van der Waals surface area contributed by atoms with Crippen molar-refractivity contribution in [2.75, 3.05) is 12.3 Å². The van der Waals surface area contributed by atoms with E-state index in [1.807, 2.05) is 31.2 Å². The number of nitrogen functional groups attached to an aromatic ring is 1. The van der Waals surface area contributed by atoms with Gasteiger partial charge in [0.25, 0.3) is 0 Å². The molecule has 0 bridgehead atoms. The summed E-state index contributed by atoms with van der Waals surface area (Å²) in [6.07, 6.45) is 1.48. The van der Waals surface area contributed by atoms with Crippen molar-refractivity contribution >= 4 is 11.6 Å². The minimum Gasteiger partial charge on any atom is -0.489 e. The van der Waals surface area contributed by atoms with Crippen LogP contribution in [0.1, 0.15) is 25.3 Å². The van der Waals surface area contributed by atoms with E-state index in [2.05, 4.69) is 5.32 Å². The smallest absolute Gasteiger partial charge is 0.220 e. The molecule has 0 radical (unpaired) electrons. The van der Waals surface area contributed by atoms with Gasteiger partial charge in [-0.25, -0.2) is 4.39 Å². The Kier molecular flexibility index (Phi) is 6.61. The monoisotopic (exact) mass is 330 g/mol. The van der Waals surface area contributed by atoms with Crippen molar-refractivity contribution in [1.82, 2.24) is 5.32 Å². The molecule has 0 spiro atoms. The van der Waals surface area contributed by atoms with Gasteiger partial charge < -0.3 is 15.8 Å². The molecule has 24 heavy (non-hydrogen) atoms. The van der Waals surface area contributed by atoms with Gasteiger partial charge in [0.2, 0.25) is 5.91 Å². The highest BCUT2D eigenvalue weighted by atomic mass is 19.1. The number of aryl methyl sites for hydroxylation is 1. The van der Waals surface area contributed by atoms with Crippen molar-refractivity contribution in [1.29, 1.82) is 0 Å². The lowest BCUT2D eigenvalue weighted by Crippen LogP contribution is -2.35. The van der Waals surface area contributed by atoms with Crippen LogP contribution in [0.5, 0.6) is 5.75 Å². The Morgan fingerprint density at radius 3 is 2.75 bits per heavy atom. The van der Waals surface area contributed by atoms with Gasteiger partial charge in [-0.05, 0) is 36.6 Å². The molecule has 3 N–H and O–H groups in total. The second-order valence-electron chi connectivity index (χ2n) is 5.61. The summed E-state index contributed by atoms with van der Waals surface area (Å²) in [6, 6.07) is 13.5. The number of anilines is 1. The van der Waals surface area contributed by atoms with E-state index in [-0.39, 0.29) is 17.8 Å². The molecule has 0 aliphatic rings. The van der Waals surface area contributed by atoms with Crippen LogP contribution < -0.4 is 15.8 Å². The summed E-state index contributed by atoms with van der Waals surface area (Å²) < 4.78 is 18.9. The van der Waals surface area contributed by atoms with Gasteiger partial charge in [0.1, 0.15) is 17.7 Å². The maximum Gasteiger partial charge on any atom is 0.220 e.